The van der Waals surface area contributed by atoms with Gasteiger partial charge >= 0.3 is 11.9 Å². The first-order chi connectivity index (χ1) is 11.9. The van der Waals surface area contributed by atoms with Crippen molar-refractivity contribution < 1.29 is 23.9 Å². The topological polar surface area (TPSA) is 69.7 Å². The number of ketones is 1. The predicted octanol–water partition coefficient (Wildman–Crippen LogP) is 3.19. The third-order valence-corrected chi connectivity index (χ3v) is 5.23. The van der Waals surface area contributed by atoms with Crippen molar-refractivity contribution in [3.8, 4) is 0 Å². The largest absolute Gasteiger partial charge is 0.468 e. The third-order valence-electron chi connectivity index (χ3n) is 5.23. The predicted molar refractivity (Wildman–Crippen MR) is 92.9 cm³/mol. The summed E-state index contributed by atoms with van der Waals surface area (Å²) >= 11 is 0. The first-order valence-electron chi connectivity index (χ1n) is 8.34. The molecule has 0 aromatic heterocycles. The van der Waals surface area contributed by atoms with Crippen LogP contribution in [0.4, 0.5) is 0 Å². The summed E-state index contributed by atoms with van der Waals surface area (Å²) < 4.78 is 9.86. The van der Waals surface area contributed by atoms with Gasteiger partial charge in [-0.1, -0.05) is 49.4 Å². The number of carbonyl (C=O) groups is 3. The summed E-state index contributed by atoms with van der Waals surface area (Å²) in [4.78, 5) is 38.3. The van der Waals surface area contributed by atoms with Gasteiger partial charge in [0.05, 0.1) is 14.2 Å². The van der Waals surface area contributed by atoms with E-state index in [-0.39, 0.29) is 12.2 Å². The number of benzene rings is 1. The van der Waals surface area contributed by atoms with Crippen LogP contribution in [0.25, 0.3) is 0 Å². The minimum Gasteiger partial charge on any atom is -0.468 e. The van der Waals surface area contributed by atoms with E-state index >= 15 is 0 Å². The molecule has 25 heavy (non-hydrogen) atoms. The molecule has 1 aliphatic rings. The Morgan fingerprint density at radius 1 is 1.08 bits per heavy atom. The summed E-state index contributed by atoms with van der Waals surface area (Å²) in [7, 11) is 2.49. The smallest absolute Gasteiger partial charge is 0.323 e. The van der Waals surface area contributed by atoms with Crippen LogP contribution in [0.1, 0.15) is 36.5 Å². The maximum atomic E-state index is 13.1. The van der Waals surface area contributed by atoms with Crippen LogP contribution in [0.3, 0.4) is 0 Å². The van der Waals surface area contributed by atoms with Gasteiger partial charge < -0.3 is 9.47 Å². The number of rotatable bonds is 4. The lowest BCUT2D eigenvalue weighted by atomic mass is 9.66. The van der Waals surface area contributed by atoms with Crippen molar-refractivity contribution in [3.05, 3.63) is 48.0 Å². The van der Waals surface area contributed by atoms with Gasteiger partial charge in [-0.2, -0.15) is 0 Å². The number of esters is 2. The second-order valence-electron chi connectivity index (χ2n) is 6.46. The quantitative estimate of drug-likeness (QED) is 0.276. The molecule has 134 valence electrons. The number of Topliss-reactive ketones (excluding diaryl/α,β-unsaturated/α-hetero) is 1. The Morgan fingerprint density at radius 2 is 1.64 bits per heavy atom. The van der Waals surface area contributed by atoms with Crippen LogP contribution in [-0.4, -0.2) is 31.9 Å². The summed E-state index contributed by atoms with van der Waals surface area (Å²) in [5.41, 5.74) is -0.236. The molecule has 1 aromatic rings. The molecule has 0 saturated heterocycles. The fourth-order valence-corrected chi connectivity index (χ4v) is 3.83. The van der Waals surface area contributed by atoms with Crippen LogP contribution in [0.2, 0.25) is 0 Å². The number of allylic oxidation sites excluding steroid dienone is 1. The number of methoxy groups -OCH3 is 2. The van der Waals surface area contributed by atoms with Crippen molar-refractivity contribution in [2.45, 2.75) is 26.2 Å². The summed E-state index contributed by atoms with van der Waals surface area (Å²) in [6.45, 7) is 5.80. The number of carbonyl (C=O) groups excluding carboxylic acids is 3. The summed E-state index contributed by atoms with van der Waals surface area (Å²) in [5.74, 6) is -2.73. The Labute approximate surface area is 148 Å². The average Bonchev–Trinajstić information content (AvgIpc) is 2.77. The zero-order valence-corrected chi connectivity index (χ0v) is 14.9. The van der Waals surface area contributed by atoms with Gasteiger partial charge in [-0.3, -0.25) is 14.4 Å². The fourth-order valence-electron chi connectivity index (χ4n) is 3.83. The molecule has 1 fully saturated rings. The maximum absolute atomic E-state index is 13.1. The normalized spacial score (nSPS) is 22.6. The monoisotopic (exact) mass is 344 g/mol. The van der Waals surface area contributed by atoms with Crippen molar-refractivity contribution in [1.82, 2.24) is 0 Å². The number of ether oxygens (including phenoxy) is 2. The van der Waals surface area contributed by atoms with E-state index < -0.39 is 29.2 Å². The lowest BCUT2D eigenvalue weighted by molar-refractivity contribution is -0.174. The molecule has 0 unspecified atom stereocenters. The van der Waals surface area contributed by atoms with Gasteiger partial charge in [-0.25, -0.2) is 0 Å². The van der Waals surface area contributed by atoms with E-state index in [1.165, 1.54) is 14.2 Å². The highest BCUT2D eigenvalue weighted by molar-refractivity contribution is 6.04. The molecule has 2 atom stereocenters. The Balaban J connectivity index is 2.54. The van der Waals surface area contributed by atoms with Crippen molar-refractivity contribution in [3.63, 3.8) is 0 Å². The summed E-state index contributed by atoms with van der Waals surface area (Å²) in [6, 6.07) is 8.85. The summed E-state index contributed by atoms with van der Waals surface area (Å²) in [6.07, 6.45) is 1.40. The first kappa shape index (κ1) is 18.9. The second-order valence-corrected chi connectivity index (χ2v) is 6.46. The zero-order chi connectivity index (χ0) is 18.6. The molecule has 1 aromatic carbocycles. The van der Waals surface area contributed by atoms with Crippen LogP contribution in [-0.2, 0) is 19.1 Å². The Hall–Kier alpha value is -2.43. The fraction of sp³-hybridized carbons (Fsp3) is 0.450. The van der Waals surface area contributed by atoms with Crippen LogP contribution >= 0.6 is 0 Å². The van der Waals surface area contributed by atoms with Gasteiger partial charge in [0.1, 0.15) is 0 Å². The van der Waals surface area contributed by atoms with E-state index in [1.54, 1.807) is 31.2 Å². The molecule has 0 amide bonds. The van der Waals surface area contributed by atoms with E-state index in [2.05, 4.69) is 6.58 Å². The molecule has 0 N–H and O–H groups in total. The van der Waals surface area contributed by atoms with Gasteiger partial charge in [-0.15, -0.1) is 0 Å². The minimum atomic E-state index is -1.50. The van der Waals surface area contributed by atoms with E-state index in [0.717, 1.165) is 5.57 Å². The molecule has 2 rings (SSSR count). The van der Waals surface area contributed by atoms with Crippen molar-refractivity contribution >= 4 is 17.7 Å². The van der Waals surface area contributed by atoms with Gasteiger partial charge in [0.2, 0.25) is 0 Å². The van der Waals surface area contributed by atoms with E-state index in [1.807, 2.05) is 6.07 Å². The van der Waals surface area contributed by atoms with E-state index in [9.17, 15) is 14.4 Å². The van der Waals surface area contributed by atoms with Gasteiger partial charge in [0.25, 0.3) is 0 Å². The van der Waals surface area contributed by atoms with E-state index in [0.29, 0.717) is 18.4 Å². The van der Waals surface area contributed by atoms with Gasteiger partial charge in [0, 0.05) is 11.5 Å². The van der Waals surface area contributed by atoms with Crippen molar-refractivity contribution in [2.75, 3.05) is 14.2 Å². The molecule has 0 aliphatic heterocycles. The molecule has 0 heterocycles. The highest BCUT2D eigenvalue weighted by atomic mass is 16.5. The van der Waals surface area contributed by atoms with Gasteiger partial charge in [-0.05, 0) is 25.2 Å². The van der Waals surface area contributed by atoms with Crippen LogP contribution in [0.5, 0.6) is 0 Å². The van der Waals surface area contributed by atoms with Crippen LogP contribution in [0.15, 0.2) is 42.5 Å². The highest BCUT2D eigenvalue weighted by Crippen LogP contribution is 2.47. The third kappa shape index (κ3) is 3.23. The zero-order valence-electron chi connectivity index (χ0n) is 14.9. The Bertz CT molecular complexity index is 661. The second kappa shape index (κ2) is 7.64. The number of hydrogen-bond donors (Lipinski definition) is 0. The minimum absolute atomic E-state index is 0.141. The SMILES string of the molecule is C=C1CCCC(C(=O)OC)(C(=O)OC)[C@@H](C)[C@@H]1C(=O)c1ccccc1. The summed E-state index contributed by atoms with van der Waals surface area (Å²) in [5, 5.41) is 0. The lowest BCUT2D eigenvalue weighted by Gasteiger charge is -2.36. The first-order valence-corrected chi connectivity index (χ1v) is 8.34. The Kier molecular flexibility index (Phi) is 5.77. The Morgan fingerprint density at radius 3 is 2.16 bits per heavy atom. The van der Waals surface area contributed by atoms with Crippen molar-refractivity contribution in [2.24, 2.45) is 17.3 Å². The van der Waals surface area contributed by atoms with Gasteiger partial charge in [0.15, 0.2) is 11.2 Å². The van der Waals surface area contributed by atoms with Crippen molar-refractivity contribution in [1.29, 1.82) is 0 Å². The van der Waals surface area contributed by atoms with Crippen LogP contribution in [0, 0.1) is 17.3 Å². The molecule has 0 spiro atoms. The van der Waals surface area contributed by atoms with Crippen LogP contribution < -0.4 is 0 Å². The molecule has 5 heteroatoms. The average molecular weight is 344 g/mol. The highest BCUT2D eigenvalue weighted by Gasteiger charge is 2.57. The molecule has 1 saturated carbocycles. The molecule has 1 aliphatic carbocycles. The lowest BCUT2D eigenvalue weighted by Crippen LogP contribution is -2.49. The molecule has 5 nitrogen and oxygen atoms in total. The molecule has 0 radical (unpaired) electrons. The standard InChI is InChI=1S/C20H24O5/c1-13-9-8-12-20(18(22)24-3,19(23)25-4)14(2)16(13)17(21)15-10-6-5-7-11-15/h5-7,10-11,14,16H,1,8-9,12H2,2-4H3/t14-,16+/m0/s1. The van der Waals surface area contributed by atoms with E-state index in [4.69, 9.17) is 9.47 Å². The molecular weight excluding hydrogens is 320 g/mol. The number of hydrogen-bond acceptors (Lipinski definition) is 5. The maximum Gasteiger partial charge on any atom is 0.323 e. The molecule has 0 bridgehead atoms. The molecular formula is C20H24O5.